The highest BCUT2D eigenvalue weighted by Gasteiger charge is 2.14. The maximum atomic E-state index is 11.1. The van der Waals surface area contributed by atoms with E-state index in [-0.39, 0.29) is 33.8 Å². The predicted molar refractivity (Wildman–Crippen MR) is 69.4 cm³/mol. The first-order chi connectivity index (χ1) is 7.84. The molecule has 0 heterocycles. The van der Waals surface area contributed by atoms with Gasteiger partial charge in [0.1, 0.15) is 5.75 Å². The van der Waals surface area contributed by atoms with E-state index < -0.39 is 0 Å². The molecule has 5 heteroatoms. The number of ketones is 2. The van der Waals surface area contributed by atoms with Crippen LogP contribution in [0.15, 0.2) is 12.1 Å². The molecule has 1 N–H and O–H groups in total. The van der Waals surface area contributed by atoms with E-state index in [1.54, 1.807) is 19.1 Å². The topological polar surface area (TPSA) is 54.4 Å². The summed E-state index contributed by atoms with van der Waals surface area (Å²) in [5.74, 6) is -0.696. The van der Waals surface area contributed by atoms with Crippen LogP contribution < -0.4 is 0 Å². The molecule has 0 aromatic heterocycles. The molecule has 0 aliphatic carbocycles. The molecule has 0 fully saturated rings. The molecule has 0 atom stereocenters. The summed E-state index contributed by atoms with van der Waals surface area (Å²) in [6, 6.07) is 3.15. The van der Waals surface area contributed by atoms with Gasteiger partial charge in [-0.3, -0.25) is 9.59 Å². The average molecular weight is 277 g/mol. The smallest absolute Gasteiger partial charge is 0.163 e. The Balaban J connectivity index is 0.000000770. The summed E-state index contributed by atoms with van der Waals surface area (Å²) in [4.78, 5) is 22.2. The Morgan fingerprint density at radius 2 is 1.41 bits per heavy atom. The zero-order valence-corrected chi connectivity index (χ0v) is 11.4. The van der Waals surface area contributed by atoms with E-state index in [4.69, 9.17) is 23.2 Å². The first-order valence-electron chi connectivity index (χ1n) is 4.82. The Labute approximate surface area is 110 Å². The van der Waals surface area contributed by atoms with E-state index in [0.717, 1.165) is 5.56 Å². The molecule has 1 rings (SSSR count). The molecular formula is C12H14Cl2O3. The van der Waals surface area contributed by atoms with Gasteiger partial charge in [-0.15, -0.1) is 23.2 Å². The van der Waals surface area contributed by atoms with Gasteiger partial charge >= 0.3 is 0 Å². The molecule has 0 bridgehead atoms. The predicted octanol–water partition coefficient (Wildman–Crippen LogP) is 3.53. The monoisotopic (exact) mass is 276 g/mol. The summed E-state index contributed by atoms with van der Waals surface area (Å²) in [7, 11) is 0. The Bertz CT molecular complexity index is 393. The molecule has 0 aliphatic rings. The van der Waals surface area contributed by atoms with Gasteiger partial charge in [-0.25, -0.2) is 0 Å². The number of hydrogen-bond acceptors (Lipinski definition) is 3. The average Bonchev–Trinajstić information content (AvgIpc) is 2.21. The lowest BCUT2D eigenvalue weighted by molar-refractivity contribution is 0.101. The number of carbonyl (C=O) groups is 2. The number of alkyl halides is 2. The highest BCUT2D eigenvalue weighted by Crippen LogP contribution is 2.25. The molecule has 0 amide bonds. The van der Waals surface area contributed by atoms with Crippen molar-refractivity contribution in [2.45, 2.75) is 20.8 Å². The minimum Gasteiger partial charge on any atom is -0.506 e. The van der Waals surface area contributed by atoms with Gasteiger partial charge in [0, 0.05) is 0 Å². The normalized spacial score (nSPS) is 9.24. The summed E-state index contributed by atoms with van der Waals surface area (Å²) in [5.41, 5.74) is 1.20. The molecule has 0 aliphatic heterocycles. The molecule has 0 saturated carbocycles. The van der Waals surface area contributed by atoms with Gasteiger partial charge in [0.2, 0.25) is 0 Å². The van der Waals surface area contributed by atoms with E-state index in [9.17, 15) is 14.7 Å². The number of aromatic hydroxyl groups is 1. The highest BCUT2D eigenvalue weighted by molar-refractivity contribution is 6.40. The Morgan fingerprint density at radius 3 is 1.65 bits per heavy atom. The fourth-order valence-corrected chi connectivity index (χ4v) is 1.32. The SMILES string of the molecule is CC(=O)c1cc(C)cc(C(C)=O)c1O.ClCCl. The number of phenols is 1. The zero-order chi connectivity index (χ0) is 13.6. The molecule has 3 nitrogen and oxygen atoms in total. The van der Waals surface area contributed by atoms with Crippen molar-refractivity contribution in [1.29, 1.82) is 0 Å². The quantitative estimate of drug-likeness (QED) is 0.664. The van der Waals surface area contributed by atoms with Crippen LogP contribution >= 0.6 is 23.2 Å². The summed E-state index contributed by atoms with van der Waals surface area (Å²) in [6.45, 7) is 4.50. The Kier molecular flexibility index (Phi) is 6.85. The summed E-state index contributed by atoms with van der Waals surface area (Å²) >= 11 is 9.53. The maximum Gasteiger partial charge on any atom is 0.163 e. The number of hydrogen-bond donors (Lipinski definition) is 1. The third kappa shape index (κ3) is 4.75. The zero-order valence-electron chi connectivity index (χ0n) is 9.88. The van der Waals surface area contributed by atoms with Gasteiger partial charge in [-0.05, 0) is 38.5 Å². The Hall–Kier alpha value is -1.06. The van der Waals surface area contributed by atoms with Crippen molar-refractivity contribution in [3.05, 3.63) is 28.8 Å². The van der Waals surface area contributed by atoms with Gasteiger partial charge in [0.25, 0.3) is 0 Å². The van der Waals surface area contributed by atoms with Crippen LogP contribution in [0.4, 0.5) is 0 Å². The second kappa shape index (κ2) is 7.30. The van der Waals surface area contributed by atoms with Gasteiger partial charge in [0.15, 0.2) is 11.6 Å². The third-order valence-corrected chi connectivity index (χ3v) is 2.01. The second-order valence-electron chi connectivity index (χ2n) is 3.42. The van der Waals surface area contributed by atoms with Gasteiger partial charge in [-0.2, -0.15) is 0 Å². The lowest BCUT2D eigenvalue weighted by Gasteiger charge is -2.06. The molecule has 0 unspecified atom stereocenters. The minimum atomic E-state index is -0.242. The number of rotatable bonds is 2. The van der Waals surface area contributed by atoms with E-state index in [1.165, 1.54) is 13.8 Å². The van der Waals surface area contributed by atoms with Crippen LogP contribution in [-0.4, -0.2) is 22.0 Å². The number of aryl methyl sites for hydroxylation is 1. The van der Waals surface area contributed by atoms with Crippen LogP contribution in [0.5, 0.6) is 5.75 Å². The number of phenolic OH excluding ortho intramolecular Hbond substituents is 1. The lowest BCUT2D eigenvalue weighted by Crippen LogP contribution is -2.00. The van der Waals surface area contributed by atoms with Crippen LogP contribution in [0.1, 0.15) is 40.1 Å². The van der Waals surface area contributed by atoms with Crippen LogP contribution in [0.25, 0.3) is 0 Å². The molecular weight excluding hydrogens is 263 g/mol. The van der Waals surface area contributed by atoms with E-state index in [1.807, 2.05) is 0 Å². The summed E-state index contributed by atoms with van der Waals surface area (Å²) in [6.07, 6.45) is 0. The van der Waals surface area contributed by atoms with Gasteiger partial charge < -0.3 is 5.11 Å². The van der Waals surface area contributed by atoms with Crippen molar-refractivity contribution in [3.8, 4) is 5.75 Å². The van der Waals surface area contributed by atoms with Crippen molar-refractivity contribution < 1.29 is 14.7 Å². The second-order valence-corrected chi connectivity index (χ2v) is 4.23. The van der Waals surface area contributed by atoms with Crippen molar-refractivity contribution in [1.82, 2.24) is 0 Å². The van der Waals surface area contributed by atoms with Crippen LogP contribution in [0, 0.1) is 6.92 Å². The summed E-state index contributed by atoms with van der Waals surface area (Å²) < 4.78 is 0. The van der Waals surface area contributed by atoms with Gasteiger partial charge in [-0.1, -0.05) is 0 Å². The van der Waals surface area contributed by atoms with Crippen molar-refractivity contribution in [2.75, 3.05) is 5.34 Å². The molecule has 1 aromatic carbocycles. The standard InChI is InChI=1S/C11H12O3.CH2Cl2/c1-6-4-9(7(2)12)11(14)10(5-6)8(3)13;2-1-3/h4-5,14H,1-3H3;1H2. The van der Waals surface area contributed by atoms with E-state index in [2.05, 4.69) is 0 Å². The van der Waals surface area contributed by atoms with Gasteiger partial charge in [0.05, 0.1) is 16.5 Å². The molecule has 0 saturated heterocycles. The van der Waals surface area contributed by atoms with Crippen LogP contribution in [0.2, 0.25) is 0 Å². The van der Waals surface area contributed by atoms with Crippen molar-refractivity contribution in [3.63, 3.8) is 0 Å². The molecule has 0 spiro atoms. The fourth-order valence-electron chi connectivity index (χ4n) is 1.32. The number of Topliss-reactive ketones (excluding diaryl/α,β-unsaturated/α-hetero) is 2. The fraction of sp³-hybridized carbons (Fsp3) is 0.333. The first-order valence-corrected chi connectivity index (χ1v) is 5.89. The first kappa shape index (κ1) is 15.9. The van der Waals surface area contributed by atoms with Crippen LogP contribution in [-0.2, 0) is 0 Å². The molecule has 94 valence electrons. The number of benzene rings is 1. The summed E-state index contributed by atoms with van der Waals surface area (Å²) in [5, 5.41) is 9.81. The molecule has 0 radical (unpaired) electrons. The van der Waals surface area contributed by atoms with E-state index >= 15 is 0 Å². The maximum absolute atomic E-state index is 11.1. The lowest BCUT2D eigenvalue weighted by atomic mass is 10.0. The number of halogens is 2. The Morgan fingerprint density at radius 1 is 1.12 bits per heavy atom. The molecule has 1 aromatic rings. The molecule has 17 heavy (non-hydrogen) atoms. The third-order valence-electron chi connectivity index (χ3n) is 2.01. The van der Waals surface area contributed by atoms with Crippen LogP contribution in [0.3, 0.4) is 0 Å². The van der Waals surface area contributed by atoms with Crippen molar-refractivity contribution >= 4 is 34.8 Å². The largest absolute Gasteiger partial charge is 0.506 e. The highest BCUT2D eigenvalue weighted by atomic mass is 35.5. The van der Waals surface area contributed by atoms with Crippen molar-refractivity contribution in [2.24, 2.45) is 0 Å². The van der Waals surface area contributed by atoms with E-state index in [0.29, 0.717) is 0 Å². The minimum absolute atomic E-state index is 0.194. The number of carbonyl (C=O) groups excluding carboxylic acids is 2.